The summed E-state index contributed by atoms with van der Waals surface area (Å²) in [5, 5.41) is 3.47. The molecular weight excluding hydrogens is 221 g/mol. The van der Waals surface area contributed by atoms with Crippen molar-refractivity contribution in [3.8, 4) is 0 Å². The first kappa shape index (κ1) is 11.4. The molecule has 1 atom stereocenters. The first-order valence-electron chi connectivity index (χ1n) is 5.21. The molecule has 0 aromatic carbocycles. The number of halogens is 3. The van der Waals surface area contributed by atoms with Crippen LogP contribution in [0.5, 0.6) is 0 Å². The fourth-order valence-corrected chi connectivity index (χ4v) is 1.97. The minimum Gasteiger partial charge on any atom is -0.330 e. The Balaban J connectivity index is 2.17. The van der Waals surface area contributed by atoms with Gasteiger partial charge in [-0.05, 0) is 25.3 Å². The van der Waals surface area contributed by atoms with Crippen LogP contribution in [0.4, 0.5) is 13.2 Å². The van der Waals surface area contributed by atoms with Crippen LogP contribution in [-0.2, 0) is 19.1 Å². The molecule has 0 bridgehead atoms. The third kappa shape index (κ3) is 2.18. The Morgan fingerprint density at radius 3 is 2.81 bits per heavy atom. The van der Waals surface area contributed by atoms with Gasteiger partial charge in [-0.1, -0.05) is 0 Å². The Bertz CT molecular complexity index is 371. The molecule has 2 heterocycles. The maximum Gasteiger partial charge on any atom is 0.453 e. The van der Waals surface area contributed by atoms with Crippen LogP contribution in [0.3, 0.4) is 0 Å². The van der Waals surface area contributed by atoms with Crippen LogP contribution in [0.1, 0.15) is 24.5 Å². The van der Waals surface area contributed by atoms with Gasteiger partial charge in [0.1, 0.15) is 5.82 Å². The van der Waals surface area contributed by atoms with Crippen molar-refractivity contribution in [1.29, 1.82) is 0 Å². The smallest absolute Gasteiger partial charge is 0.330 e. The van der Waals surface area contributed by atoms with Gasteiger partial charge in [0.05, 0.1) is 0 Å². The molecule has 16 heavy (non-hydrogen) atoms. The minimum atomic E-state index is -4.45. The maximum absolute atomic E-state index is 12.4. The van der Waals surface area contributed by atoms with Gasteiger partial charge in [0.25, 0.3) is 5.82 Å². The standard InChI is InChI=1S/C9H13F3N4/c10-9(11,12)8-14-7-5-6(1-3-13)2-4-16(7)15-8/h6H,1-5,13H2. The van der Waals surface area contributed by atoms with Crippen molar-refractivity contribution < 1.29 is 13.2 Å². The molecular formula is C9H13F3N4. The van der Waals surface area contributed by atoms with E-state index in [1.165, 1.54) is 4.68 Å². The monoisotopic (exact) mass is 234 g/mol. The van der Waals surface area contributed by atoms with E-state index in [0.29, 0.717) is 31.3 Å². The van der Waals surface area contributed by atoms with Crippen LogP contribution in [-0.4, -0.2) is 21.3 Å². The molecule has 0 radical (unpaired) electrons. The quantitative estimate of drug-likeness (QED) is 0.836. The lowest BCUT2D eigenvalue weighted by atomic mass is 9.95. The van der Waals surface area contributed by atoms with Crippen molar-refractivity contribution in [2.24, 2.45) is 11.7 Å². The zero-order valence-corrected chi connectivity index (χ0v) is 8.67. The van der Waals surface area contributed by atoms with E-state index in [0.717, 1.165) is 12.8 Å². The highest BCUT2D eigenvalue weighted by atomic mass is 19.4. The van der Waals surface area contributed by atoms with E-state index in [2.05, 4.69) is 10.1 Å². The zero-order valence-electron chi connectivity index (χ0n) is 8.67. The first-order chi connectivity index (χ1) is 7.50. The number of rotatable bonds is 2. The van der Waals surface area contributed by atoms with Crippen LogP contribution < -0.4 is 5.73 Å². The number of hydrogen-bond donors (Lipinski definition) is 1. The van der Waals surface area contributed by atoms with Crippen LogP contribution in [0.15, 0.2) is 0 Å². The van der Waals surface area contributed by atoms with Crippen molar-refractivity contribution in [3.05, 3.63) is 11.6 Å². The van der Waals surface area contributed by atoms with Gasteiger partial charge in [-0.3, -0.25) is 0 Å². The second-order valence-corrected chi connectivity index (χ2v) is 4.01. The molecule has 0 spiro atoms. The van der Waals surface area contributed by atoms with E-state index in [4.69, 9.17) is 5.73 Å². The predicted octanol–water partition coefficient (Wildman–Crippen LogP) is 1.21. The molecule has 0 aliphatic carbocycles. The molecule has 2 rings (SSSR count). The first-order valence-corrected chi connectivity index (χ1v) is 5.21. The molecule has 1 aromatic rings. The summed E-state index contributed by atoms with van der Waals surface area (Å²) in [6.07, 6.45) is -2.26. The Labute approximate surface area is 90.6 Å². The SMILES string of the molecule is NCCC1CCn2nc(C(F)(F)F)nc2C1. The van der Waals surface area contributed by atoms with Crippen molar-refractivity contribution >= 4 is 0 Å². The van der Waals surface area contributed by atoms with Gasteiger partial charge >= 0.3 is 6.18 Å². The highest BCUT2D eigenvalue weighted by molar-refractivity contribution is 5.00. The number of nitrogens with zero attached hydrogens (tertiary/aromatic N) is 3. The summed E-state index contributed by atoms with van der Waals surface area (Å²) >= 11 is 0. The van der Waals surface area contributed by atoms with E-state index >= 15 is 0 Å². The lowest BCUT2D eigenvalue weighted by Crippen LogP contribution is -2.22. The summed E-state index contributed by atoms with van der Waals surface area (Å²) < 4.78 is 38.4. The lowest BCUT2D eigenvalue weighted by Gasteiger charge is -2.21. The van der Waals surface area contributed by atoms with E-state index < -0.39 is 12.0 Å². The Morgan fingerprint density at radius 2 is 2.19 bits per heavy atom. The largest absolute Gasteiger partial charge is 0.453 e. The summed E-state index contributed by atoms with van der Waals surface area (Å²) in [6.45, 7) is 1.06. The molecule has 4 nitrogen and oxygen atoms in total. The summed E-state index contributed by atoms with van der Waals surface area (Å²) in [5.41, 5.74) is 5.43. The van der Waals surface area contributed by atoms with Gasteiger partial charge in [-0.15, -0.1) is 5.10 Å². The molecule has 0 saturated carbocycles. The molecule has 1 aromatic heterocycles. The van der Waals surface area contributed by atoms with Gasteiger partial charge in [-0.25, -0.2) is 9.67 Å². The number of alkyl halides is 3. The number of aromatic nitrogens is 3. The zero-order chi connectivity index (χ0) is 11.8. The maximum atomic E-state index is 12.4. The van der Waals surface area contributed by atoms with Gasteiger partial charge in [0, 0.05) is 13.0 Å². The topological polar surface area (TPSA) is 56.7 Å². The number of aryl methyl sites for hydroxylation is 1. The van der Waals surface area contributed by atoms with Crippen LogP contribution in [0, 0.1) is 5.92 Å². The van der Waals surface area contributed by atoms with Gasteiger partial charge in [0.2, 0.25) is 0 Å². The van der Waals surface area contributed by atoms with E-state index in [9.17, 15) is 13.2 Å². The normalized spacial score (nSPS) is 20.9. The summed E-state index contributed by atoms with van der Waals surface area (Å²) in [5.74, 6) is -0.268. The Hall–Kier alpha value is -1.11. The van der Waals surface area contributed by atoms with E-state index in [-0.39, 0.29) is 0 Å². The van der Waals surface area contributed by atoms with E-state index in [1.54, 1.807) is 0 Å². The number of nitrogens with two attached hydrogens (primary N) is 1. The number of fused-ring (bicyclic) bond motifs is 1. The molecule has 1 aliphatic rings. The Kier molecular flexibility index (Phi) is 2.88. The highest BCUT2D eigenvalue weighted by Crippen LogP contribution is 2.29. The van der Waals surface area contributed by atoms with Crippen molar-refractivity contribution in [3.63, 3.8) is 0 Å². The average molecular weight is 234 g/mol. The third-order valence-electron chi connectivity index (χ3n) is 2.80. The van der Waals surface area contributed by atoms with Crippen LogP contribution in [0.25, 0.3) is 0 Å². The molecule has 90 valence electrons. The molecule has 1 unspecified atom stereocenters. The molecule has 7 heteroatoms. The fraction of sp³-hybridized carbons (Fsp3) is 0.778. The predicted molar refractivity (Wildman–Crippen MR) is 50.5 cm³/mol. The van der Waals surface area contributed by atoms with Gasteiger partial charge in [0.15, 0.2) is 0 Å². The summed E-state index contributed by atoms with van der Waals surface area (Å²) in [6, 6.07) is 0. The van der Waals surface area contributed by atoms with Crippen LogP contribution in [0.2, 0.25) is 0 Å². The Morgan fingerprint density at radius 1 is 1.44 bits per heavy atom. The lowest BCUT2D eigenvalue weighted by molar-refractivity contribution is -0.145. The second-order valence-electron chi connectivity index (χ2n) is 4.01. The summed E-state index contributed by atoms with van der Waals surface area (Å²) in [4.78, 5) is 3.54. The summed E-state index contributed by atoms with van der Waals surface area (Å²) in [7, 11) is 0. The van der Waals surface area contributed by atoms with Crippen molar-refractivity contribution in [2.75, 3.05) is 6.54 Å². The van der Waals surface area contributed by atoms with Crippen molar-refractivity contribution in [1.82, 2.24) is 14.8 Å². The van der Waals surface area contributed by atoms with Crippen LogP contribution >= 0.6 is 0 Å². The fourth-order valence-electron chi connectivity index (χ4n) is 1.97. The third-order valence-corrected chi connectivity index (χ3v) is 2.80. The van der Waals surface area contributed by atoms with E-state index in [1.807, 2.05) is 0 Å². The highest BCUT2D eigenvalue weighted by Gasteiger charge is 2.37. The molecule has 0 amide bonds. The van der Waals surface area contributed by atoms with Gasteiger partial charge in [-0.2, -0.15) is 13.2 Å². The molecule has 0 fully saturated rings. The average Bonchev–Trinajstić information content (AvgIpc) is 2.60. The second kappa shape index (κ2) is 4.04. The minimum absolute atomic E-state index is 0.336. The molecule has 0 saturated heterocycles. The van der Waals surface area contributed by atoms with Crippen molar-refractivity contribution in [2.45, 2.75) is 32.0 Å². The van der Waals surface area contributed by atoms with Gasteiger partial charge < -0.3 is 5.73 Å². The number of hydrogen-bond acceptors (Lipinski definition) is 3. The molecule has 1 aliphatic heterocycles. The molecule has 2 N–H and O–H groups in total.